The summed E-state index contributed by atoms with van der Waals surface area (Å²) < 4.78 is 12.9. The molecule has 0 unspecified atom stereocenters. The number of hydrogen-bond donors (Lipinski definition) is 1. The van der Waals surface area contributed by atoms with E-state index in [2.05, 4.69) is 18.7 Å². The van der Waals surface area contributed by atoms with Crippen LogP contribution in [0.15, 0.2) is 24.3 Å². The molecule has 0 saturated carbocycles. The van der Waals surface area contributed by atoms with Crippen molar-refractivity contribution in [2.75, 3.05) is 19.6 Å². The quantitative estimate of drug-likeness (QED) is 0.885. The molecule has 6 heteroatoms. The van der Waals surface area contributed by atoms with Gasteiger partial charge < -0.3 is 10.6 Å². The largest absolute Gasteiger partial charge is 0.368 e. The Balaban J connectivity index is 1.97. The summed E-state index contributed by atoms with van der Waals surface area (Å²) in [6.45, 7) is 5.85. The summed E-state index contributed by atoms with van der Waals surface area (Å²) in [6, 6.07) is 5.84. The van der Waals surface area contributed by atoms with Crippen LogP contribution >= 0.6 is 0 Å². The summed E-state index contributed by atoms with van der Waals surface area (Å²) in [5, 5.41) is 0. The Kier molecular flexibility index (Phi) is 5.71. The predicted octanol–water partition coefficient (Wildman–Crippen LogP) is 1.16. The standard InChI is InChI=1S/C17H24FN3O2/c1-12(2)20-9-10-21(15(11-20)17(19)23)16(22)8-5-13-3-6-14(18)7-4-13/h3-4,6-7,12,15H,5,8-11H2,1-2H3,(H2,19,23)/t15-/m0/s1. The molecule has 2 amide bonds. The summed E-state index contributed by atoms with van der Waals surface area (Å²) in [4.78, 5) is 27.9. The average Bonchev–Trinajstić information content (AvgIpc) is 2.53. The molecule has 0 spiro atoms. The number of amides is 2. The van der Waals surface area contributed by atoms with E-state index >= 15 is 0 Å². The number of carbonyl (C=O) groups is 2. The molecular weight excluding hydrogens is 297 g/mol. The van der Waals surface area contributed by atoms with Crippen molar-refractivity contribution in [1.82, 2.24) is 9.80 Å². The van der Waals surface area contributed by atoms with Crippen molar-refractivity contribution in [3.8, 4) is 0 Å². The number of benzene rings is 1. The topological polar surface area (TPSA) is 66.6 Å². The zero-order valence-electron chi connectivity index (χ0n) is 13.7. The van der Waals surface area contributed by atoms with Crippen molar-refractivity contribution in [2.45, 2.75) is 38.8 Å². The normalized spacial score (nSPS) is 19.1. The highest BCUT2D eigenvalue weighted by molar-refractivity contribution is 5.87. The van der Waals surface area contributed by atoms with Crippen molar-refractivity contribution in [1.29, 1.82) is 0 Å². The Labute approximate surface area is 136 Å². The van der Waals surface area contributed by atoms with E-state index in [1.165, 1.54) is 12.1 Å². The van der Waals surface area contributed by atoms with Gasteiger partial charge in [-0.15, -0.1) is 0 Å². The van der Waals surface area contributed by atoms with Gasteiger partial charge in [-0.1, -0.05) is 12.1 Å². The SMILES string of the molecule is CC(C)N1CCN(C(=O)CCc2ccc(F)cc2)[C@H](C(N)=O)C1. The number of piperazine rings is 1. The van der Waals surface area contributed by atoms with Crippen LogP contribution in [-0.2, 0) is 16.0 Å². The van der Waals surface area contributed by atoms with Gasteiger partial charge in [-0.05, 0) is 38.0 Å². The fourth-order valence-electron chi connectivity index (χ4n) is 2.86. The van der Waals surface area contributed by atoms with E-state index in [9.17, 15) is 14.0 Å². The van der Waals surface area contributed by atoms with E-state index in [4.69, 9.17) is 5.73 Å². The molecule has 1 aliphatic heterocycles. The zero-order valence-corrected chi connectivity index (χ0v) is 13.7. The molecule has 1 fully saturated rings. The first-order chi connectivity index (χ1) is 10.9. The van der Waals surface area contributed by atoms with Gasteiger partial charge in [0.15, 0.2) is 0 Å². The maximum atomic E-state index is 12.9. The second kappa shape index (κ2) is 7.55. The van der Waals surface area contributed by atoms with E-state index < -0.39 is 11.9 Å². The lowest BCUT2D eigenvalue weighted by Crippen LogP contribution is -2.61. The molecule has 2 N–H and O–H groups in total. The molecular formula is C17H24FN3O2. The number of nitrogens with zero attached hydrogens (tertiary/aromatic N) is 2. The molecule has 2 rings (SSSR count). The van der Waals surface area contributed by atoms with Gasteiger partial charge in [0, 0.05) is 32.1 Å². The van der Waals surface area contributed by atoms with Crippen LogP contribution in [-0.4, -0.2) is 53.3 Å². The van der Waals surface area contributed by atoms with Gasteiger partial charge in [0.2, 0.25) is 11.8 Å². The third-order valence-corrected chi connectivity index (χ3v) is 4.33. The summed E-state index contributed by atoms with van der Waals surface area (Å²) in [7, 11) is 0. The Hall–Kier alpha value is -1.95. The summed E-state index contributed by atoms with van der Waals surface area (Å²) in [5.74, 6) is -0.842. The molecule has 1 aromatic carbocycles. The minimum atomic E-state index is -0.577. The smallest absolute Gasteiger partial charge is 0.241 e. The zero-order chi connectivity index (χ0) is 17.0. The number of nitrogens with two attached hydrogens (primary N) is 1. The number of rotatable bonds is 5. The first kappa shape index (κ1) is 17.4. The molecule has 1 aromatic rings. The second-order valence-electron chi connectivity index (χ2n) is 6.22. The van der Waals surface area contributed by atoms with Crippen LogP contribution < -0.4 is 5.73 Å². The van der Waals surface area contributed by atoms with Gasteiger partial charge >= 0.3 is 0 Å². The summed E-state index contributed by atoms with van der Waals surface area (Å²) in [5.41, 5.74) is 6.38. The van der Waals surface area contributed by atoms with Gasteiger partial charge in [-0.25, -0.2) is 4.39 Å². The van der Waals surface area contributed by atoms with Crippen molar-refractivity contribution < 1.29 is 14.0 Å². The molecule has 126 valence electrons. The van der Waals surface area contributed by atoms with Crippen LogP contribution in [0.2, 0.25) is 0 Å². The lowest BCUT2D eigenvalue weighted by atomic mass is 10.1. The molecule has 1 atom stereocenters. The van der Waals surface area contributed by atoms with Crippen molar-refractivity contribution in [3.63, 3.8) is 0 Å². The molecule has 23 heavy (non-hydrogen) atoms. The van der Waals surface area contributed by atoms with E-state index in [0.29, 0.717) is 25.6 Å². The monoisotopic (exact) mass is 321 g/mol. The molecule has 1 aliphatic rings. The maximum Gasteiger partial charge on any atom is 0.241 e. The first-order valence-corrected chi connectivity index (χ1v) is 7.95. The van der Waals surface area contributed by atoms with E-state index in [-0.39, 0.29) is 18.1 Å². The minimum absolute atomic E-state index is 0.0819. The Morgan fingerprint density at radius 3 is 2.48 bits per heavy atom. The van der Waals surface area contributed by atoms with Crippen molar-refractivity contribution >= 4 is 11.8 Å². The number of halogens is 1. The molecule has 1 saturated heterocycles. The number of hydrogen-bond acceptors (Lipinski definition) is 3. The van der Waals surface area contributed by atoms with Crippen LogP contribution in [0, 0.1) is 5.82 Å². The third kappa shape index (κ3) is 4.51. The van der Waals surface area contributed by atoms with Gasteiger partial charge in [0.1, 0.15) is 11.9 Å². The van der Waals surface area contributed by atoms with Gasteiger partial charge in [-0.3, -0.25) is 14.5 Å². The average molecular weight is 321 g/mol. The van der Waals surface area contributed by atoms with Crippen LogP contribution in [0.3, 0.4) is 0 Å². The van der Waals surface area contributed by atoms with E-state index in [1.54, 1.807) is 17.0 Å². The Morgan fingerprint density at radius 1 is 1.26 bits per heavy atom. The highest BCUT2D eigenvalue weighted by Gasteiger charge is 2.34. The maximum absolute atomic E-state index is 12.9. The van der Waals surface area contributed by atoms with Gasteiger partial charge in [-0.2, -0.15) is 0 Å². The molecule has 1 heterocycles. The van der Waals surface area contributed by atoms with Crippen LogP contribution in [0.25, 0.3) is 0 Å². The van der Waals surface area contributed by atoms with Crippen LogP contribution in [0.4, 0.5) is 4.39 Å². The lowest BCUT2D eigenvalue weighted by Gasteiger charge is -2.41. The van der Waals surface area contributed by atoms with Crippen LogP contribution in [0.5, 0.6) is 0 Å². The molecule has 0 aromatic heterocycles. The molecule has 0 radical (unpaired) electrons. The number of aryl methyl sites for hydroxylation is 1. The third-order valence-electron chi connectivity index (χ3n) is 4.33. The Bertz CT molecular complexity index is 559. The van der Waals surface area contributed by atoms with Crippen molar-refractivity contribution in [3.05, 3.63) is 35.6 Å². The fourth-order valence-corrected chi connectivity index (χ4v) is 2.86. The highest BCUT2D eigenvalue weighted by atomic mass is 19.1. The van der Waals surface area contributed by atoms with Gasteiger partial charge in [0.05, 0.1) is 0 Å². The number of primary amides is 1. The molecule has 0 bridgehead atoms. The summed E-state index contributed by atoms with van der Waals surface area (Å²) >= 11 is 0. The van der Waals surface area contributed by atoms with Gasteiger partial charge in [0.25, 0.3) is 0 Å². The molecule has 5 nitrogen and oxygen atoms in total. The number of carbonyl (C=O) groups excluding carboxylic acids is 2. The predicted molar refractivity (Wildman–Crippen MR) is 86.1 cm³/mol. The van der Waals surface area contributed by atoms with Crippen molar-refractivity contribution in [2.24, 2.45) is 5.73 Å². The first-order valence-electron chi connectivity index (χ1n) is 7.95. The van der Waals surface area contributed by atoms with Crippen LogP contribution in [0.1, 0.15) is 25.8 Å². The summed E-state index contributed by atoms with van der Waals surface area (Å²) in [6.07, 6.45) is 0.812. The minimum Gasteiger partial charge on any atom is -0.368 e. The lowest BCUT2D eigenvalue weighted by molar-refractivity contribution is -0.143. The fraction of sp³-hybridized carbons (Fsp3) is 0.529. The second-order valence-corrected chi connectivity index (χ2v) is 6.22. The van der Waals surface area contributed by atoms with E-state index in [0.717, 1.165) is 12.1 Å². The highest BCUT2D eigenvalue weighted by Crippen LogP contribution is 2.15. The Morgan fingerprint density at radius 2 is 1.91 bits per heavy atom. The molecule has 0 aliphatic carbocycles. The van der Waals surface area contributed by atoms with E-state index in [1.807, 2.05) is 0 Å².